The van der Waals surface area contributed by atoms with Gasteiger partial charge in [0.25, 0.3) is 0 Å². The Labute approximate surface area is 160 Å². The van der Waals surface area contributed by atoms with Crippen molar-refractivity contribution in [1.82, 2.24) is 4.72 Å². The van der Waals surface area contributed by atoms with Crippen molar-refractivity contribution in [2.45, 2.75) is 30.7 Å². The van der Waals surface area contributed by atoms with Crippen LogP contribution in [0.4, 0.5) is 5.69 Å². The van der Waals surface area contributed by atoms with Gasteiger partial charge in [0.15, 0.2) is 0 Å². The van der Waals surface area contributed by atoms with Crippen LogP contribution in [0.5, 0.6) is 0 Å². The number of nitrogens with one attached hydrogen (secondary N) is 1. The zero-order chi connectivity index (χ0) is 19.4. The molecule has 2 aromatic rings. The molecule has 7 heteroatoms. The van der Waals surface area contributed by atoms with Crippen LogP contribution in [-0.2, 0) is 21.2 Å². The second kappa shape index (κ2) is 8.10. The van der Waals surface area contributed by atoms with Crippen molar-refractivity contribution in [2.24, 2.45) is 0 Å². The summed E-state index contributed by atoms with van der Waals surface area (Å²) in [4.78, 5) is 14.0. The number of carbonyl (C=O) groups excluding carboxylic acids is 1. The third-order valence-electron chi connectivity index (χ3n) is 4.78. The van der Waals surface area contributed by atoms with Gasteiger partial charge in [0, 0.05) is 24.8 Å². The number of methoxy groups -OCH3 is 1. The number of benzene rings is 2. The van der Waals surface area contributed by atoms with E-state index in [9.17, 15) is 13.2 Å². The second-order valence-corrected chi connectivity index (χ2v) is 8.41. The van der Waals surface area contributed by atoms with Crippen LogP contribution < -0.4 is 9.62 Å². The molecule has 0 fully saturated rings. The van der Waals surface area contributed by atoms with E-state index in [1.165, 1.54) is 42.6 Å². The Bertz CT molecular complexity index is 927. The van der Waals surface area contributed by atoms with Crippen molar-refractivity contribution >= 4 is 21.7 Å². The van der Waals surface area contributed by atoms with Gasteiger partial charge in [-0.2, -0.15) is 0 Å². The second-order valence-electron chi connectivity index (χ2n) is 6.65. The first-order valence-corrected chi connectivity index (χ1v) is 10.4. The lowest BCUT2D eigenvalue weighted by Gasteiger charge is -2.24. The highest BCUT2D eigenvalue weighted by Gasteiger charge is 2.25. The van der Waals surface area contributed by atoms with Crippen molar-refractivity contribution in [3.63, 3.8) is 0 Å². The van der Waals surface area contributed by atoms with Gasteiger partial charge in [-0.15, -0.1) is 0 Å². The molecule has 1 heterocycles. The first-order valence-electron chi connectivity index (χ1n) is 8.95. The Morgan fingerprint density at radius 2 is 2.00 bits per heavy atom. The average Bonchev–Trinajstić information content (AvgIpc) is 3.00. The molecule has 0 radical (unpaired) electrons. The Hall–Kier alpha value is -2.38. The number of esters is 1. The maximum Gasteiger partial charge on any atom is 0.337 e. The molecule has 0 unspecified atom stereocenters. The molecule has 0 aliphatic carbocycles. The van der Waals surface area contributed by atoms with Crippen molar-refractivity contribution < 1.29 is 17.9 Å². The van der Waals surface area contributed by atoms with Crippen LogP contribution in [0.1, 0.15) is 29.3 Å². The minimum absolute atomic E-state index is 0.0605. The van der Waals surface area contributed by atoms with Crippen molar-refractivity contribution in [3.05, 3.63) is 59.7 Å². The van der Waals surface area contributed by atoms with Gasteiger partial charge in [-0.25, -0.2) is 17.9 Å². The van der Waals surface area contributed by atoms with Gasteiger partial charge in [-0.1, -0.05) is 24.3 Å². The highest BCUT2D eigenvalue weighted by molar-refractivity contribution is 7.89. The van der Waals surface area contributed by atoms with E-state index in [1.807, 2.05) is 12.1 Å². The van der Waals surface area contributed by atoms with E-state index >= 15 is 0 Å². The SMILES string of the molecule is COC(=O)c1cccc(S(=O)(=O)NCCCN2c3ccccc3C[C@@H]2C)c1. The van der Waals surface area contributed by atoms with Crippen molar-refractivity contribution in [3.8, 4) is 0 Å². The quantitative estimate of drug-likeness (QED) is 0.583. The molecule has 0 amide bonds. The highest BCUT2D eigenvalue weighted by atomic mass is 32.2. The smallest absolute Gasteiger partial charge is 0.337 e. The Morgan fingerprint density at radius 1 is 1.22 bits per heavy atom. The Kier molecular flexibility index (Phi) is 5.82. The topological polar surface area (TPSA) is 75.7 Å². The summed E-state index contributed by atoms with van der Waals surface area (Å²) < 4.78 is 32.2. The molecule has 1 atom stereocenters. The van der Waals surface area contributed by atoms with Crippen LogP contribution in [-0.4, -0.2) is 40.6 Å². The average molecular weight is 388 g/mol. The van der Waals surface area contributed by atoms with E-state index in [2.05, 4.69) is 33.4 Å². The highest BCUT2D eigenvalue weighted by Crippen LogP contribution is 2.31. The zero-order valence-electron chi connectivity index (χ0n) is 15.5. The number of nitrogens with zero attached hydrogens (tertiary/aromatic N) is 1. The monoisotopic (exact) mass is 388 g/mol. The Morgan fingerprint density at radius 3 is 2.78 bits per heavy atom. The van der Waals surface area contributed by atoms with Gasteiger partial charge in [0.05, 0.1) is 17.6 Å². The summed E-state index contributed by atoms with van der Waals surface area (Å²) in [5.41, 5.74) is 2.78. The van der Waals surface area contributed by atoms with Crippen LogP contribution in [0.25, 0.3) is 0 Å². The fourth-order valence-electron chi connectivity index (χ4n) is 3.42. The fourth-order valence-corrected chi connectivity index (χ4v) is 4.54. The molecule has 0 bridgehead atoms. The molecule has 144 valence electrons. The number of para-hydroxylation sites is 1. The van der Waals surface area contributed by atoms with Crippen molar-refractivity contribution in [1.29, 1.82) is 0 Å². The van der Waals surface area contributed by atoms with Gasteiger partial charge in [-0.3, -0.25) is 0 Å². The third kappa shape index (κ3) is 4.31. The number of hydrogen-bond donors (Lipinski definition) is 1. The number of hydrogen-bond acceptors (Lipinski definition) is 5. The lowest BCUT2D eigenvalue weighted by atomic mass is 10.1. The van der Waals surface area contributed by atoms with Gasteiger partial charge >= 0.3 is 5.97 Å². The molecule has 0 aromatic heterocycles. The summed E-state index contributed by atoms with van der Waals surface area (Å²) in [5, 5.41) is 0. The van der Waals surface area contributed by atoms with Crippen LogP contribution >= 0.6 is 0 Å². The molecule has 1 N–H and O–H groups in total. The minimum Gasteiger partial charge on any atom is -0.465 e. The summed E-state index contributed by atoms with van der Waals surface area (Å²) in [6.45, 7) is 3.29. The van der Waals surface area contributed by atoms with Crippen LogP contribution in [0.2, 0.25) is 0 Å². The molecule has 0 spiro atoms. The lowest BCUT2D eigenvalue weighted by molar-refractivity contribution is 0.0600. The summed E-state index contributed by atoms with van der Waals surface area (Å²) in [5.74, 6) is -0.561. The van der Waals surface area contributed by atoms with Crippen LogP contribution in [0.15, 0.2) is 53.4 Å². The van der Waals surface area contributed by atoms with E-state index in [0.717, 1.165) is 13.0 Å². The number of carbonyl (C=O) groups is 1. The summed E-state index contributed by atoms with van der Waals surface area (Å²) in [6, 6.07) is 14.6. The molecule has 2 aromatic carbocycles. The number of fused-ring (bicyclic) bond motifs is 1. The molecule has 27 heavy (non-hydrogen) atoms. The Balaban J connectivity index is 1.58. The predicted molar refractivity (Wildman–Crippen MR) is 105 cm³/mol. The molecule has 1 aliphatic rings. The number of anilines is 1. The van der Waals surface area contributed by atoms with Gasteiger partial charge in [-0.05, 0) is 49.6 Å². The zero-order valence-corrected chi connectivity index (χ0v) is 16.3. The van der Waals surface area contributed by atoms with Crippen molar-refractivity contribution in [2.75, 3.05) is 25.1 Å². The summed E-state index contributed by atoms with van der Waals surface area (Å²) >= 11 is 0. The van der Waals surface area contributed by atoms with Crippen LogP contribution in [0.3, 0.4) is 0 Å². The van der Waals surface area contributed by atoms with Gasteiger partial charge < -0.3 is 9.64 Å². The maximum atomic E-state index is 12.5. The number of sulfonamides is 1. The van der Waals surface area contributed by atoms with Crippen LogP contribution in [0, 0.1) is 0 Å². The third-order valence-corrected chi connectivity index (χ3v) is 6.24. The molecule has 0 saturated heterocycles. The predicted octanol–water partition coefficient (Wildman–Crippen LogP) is 2.59. The van der Waals surface area contributed by atoms with Gasteiger partial charge in [0.2, 0.25) is 10.0 Å². The van der Waals surface area contributed by atoms with E-state index < -0.39 is 16.0 Å². The molecule has 6 nitrogen and oxygen atoms in total. The molecule has 3 rings (SSSR count). The molecular weight excluding hydrogens is 364 g/mol. The fraction of sp³-hybridized carbons (Fsp3) is 0.350. The van der Waals surface area contributed by atoms with E-state index in [0.29, 0.717) is 19.0 Å². The summed E-state index contributed by atoms with van der Waals surface area (Å²) in [7, 11) is -2.41. The number of rotatable bonds is 7. The first kappa shape index (κ1) is 19.4. The summed E-state index contributed by atoms with van der Waals surface area (Å²) in [6.07, 6.45) is 1.71. The van der Waals surface area contributed by atoms with Gasteiger partial charge in [0.1, 0.15) is 0 Å². The largest absolute Gasteiger partial charge is 0.465 e. The van der Waals surface area contributed by atoms with E-state index in [4.69, 9.17) is 0 Å². The number of ether oxygens (including phenoxy) is 1. The molecule has 1 aliphatic heterocycles. The van der Waals surface area contributed by atoms with E-state index in [-0.39, 0.29) is 10.5 Å². The molecule has 0 saturated carbocycles. The lowest BCUT2D eigenvalue weighted by Crippen LogP contribution is -2.33. The maximum absolute atomic E-state index is 12.5. The standard InChI is InChI=1S/C20H24N2O4S/c1-15-13-16-7-3-4-10-19(16)22(15)12-6-11-21-27(24,25)18-9-5-8-17(14-18)20(23)26-2/h3-5,7-10,14-15,21H,6,11-13H2,1-2H3/t15-/m0/s1. The molecular formula is C20H24N2O4S. The minimum atomic E-state index is -3.67. The van der Waals surface area contributed by atoms with E-state index in [1.54, 1.807) is 0 Å². The first-order chi connectivity index (χ1) is 12.9. The normalized spacial score (nSPS) is 16.2.